The van der Waals surface area contributed by atoms with Crippen LogP contribution in [0.5, 0.6) is 11.5 Å². The molecule has 4 aromatic rings. The molecule has 0 radical (unpaired) electrons. The van der Waals surface area contributed by atoms with E-state index in [0.717, 1.165) is 17.7 Å². The van der Waals surface area contributed by atoms with Crippen LogP contribution in [0.15, 0.2) is 102 Å². The first-order chi connectivity index (χ1) is 17.8. The van der Waals surface area contributed by atoms with E-state index >= 15 is 0 Å². The molecule has 1 amide bonds. The second-order valence-electron chi connectivity index (χ2n) is 7.84. The molecule has 37 heavy (non-hydrogen) atoms. The molecule has 0 unspecified atom stereocenters. The summed E-state index contributed by atoms with van der Waals surface area (Å²) < 4.78 is 51.7. The molecule has 0 heterocycles. The summed E-state index contributed by atoms with van der Waals surface area (Å²) in [5.74, 6) is -0.110. The van der Waals surface area contributed by atoms with Crippen LogP contribution in [0, 0.1) is 5.82 Å². The van der Waals surface area contributed by atoms with Gasteiger partial charge in [-0.05, 0) is 72.3 Å². The summed E-state index contributed by atoms with van der Waals surface area (Å²) in [6.07, 6.45) is 0. The molecule has 0 aromatic heterocycles. The van der Waals surface area contributed by atoms with E-state index in [0.29, 0.717) is 18.0 Å². The number of carbonyl (C=O) groups excluding carboxylic acids is 1. The molecule has 0 aliphatic rings. The topological polar surface area (TPSA) is 93.7 Å². The van der Waals surface area contributed by atoms with Crippen molar-refractivity contribution in [1.82, 2.24) is 0 Å². The smallest absolute Gasteiger partial charge is 0.262 e. The van der Waals surface area contributed by atoms with E-state index in [1.165, 1.54) is 30.3 Å². The summed E-state index contributed by atoms with van der Waals surface area (Å²) in [7, 11) is -3.96. The number of hydrogen-bond donors (Lipinski definition) is 2. The lowest BCUT2D eigenvalue weighted by atomic mass is 10.2. The molecule has 0 aliphatic carbocycles. The number of sulfonamides is 1. The van der Waals surface area contributed by atoms with Crippen molar-refractivity contribution in [2.45, 2.75) is 11.5 Å². The first-order valence-electron chi connectivity index (χ1n) is 11.1. The molecule has 4 rings (SSSR count). The Kier molecular flexibility index (Phi) is 8.27. The first-order valence-corrected chi connectivity index (χ1v) is 12.9. The van der Waals surface area contributed by atoms with Gasteiger partial charge in [-0.25, -0.2) is 12.8 Å². The molecule has 190 valence electrons. The van der Waals surface area contributed by atoms with Crippen LogP contribution in [-0.4, -0.2) is 20.9 Å². The minimum atomic E-state index is -3.96. The first kappa shape index (κ1) is 26.0. The van der Waals surface area contributed by atoms with E-state index in [-0.39, 0.29) is 28.0 Å². The maximum absolute atomic E-state index is 13.0. The monoisotopic (exact) mass is 540 g/mol. The molecule has 0 fully saturated rings. The maximum atomic E-state index is 13.0. The number of ether oxygens (including phenoxy) is 2. The summed E-state index contributed by atoms with van der Waals surface area (Å²) in [6, 6.07) is 25.4. The lowest BCUT2D eigenvalue weighted by molar-refractivity contribution is -0.118. The highest BCUT2D eigenvalue weighted by Crippen LogP contribution is 2.28. The van der Waals surface area contributed by atoms with E-state index < -0.39 is 21.7 Å². The quantitative estimate of drug-likeness (QED) is 0.262. The van der Waals surface area contributed by atoms with Gasteiger partial charge in [-0.1, -0.05) is 41.9 Å². The van der Waals surface area contributed by atoms with Crippen molar-refractivity contribution in [3.05, 3.63) is 113 Å². The molecule has 0 atom stereocenters. The molecular weight excluding hydrogens is 519 g/mol. The highest BCUT2D eigenvalue weighted by atomic mass is 35.5. The number of carbonyl (C=O) groups is 1. The fourth-order valence-electron chi connectivity index (χ4n) is 3.21. The number of nitrogens with one attached hydrogen (secondary N) is 2. The van der Waals surface area contributed by atoms with Crippen molar-refractivity contribution in [3.8, 4) is 11.5 Å². The molecule has 4 aromatic carbocycles. The van der Waals surface area contributed by atoms with Crippen LogP contribution in [0.1, 0.15) is 5.56 Å². The van der Waals surface area contributed by atoms with E-state index in [9.17, 15) is 17.6 Å². The van der Waals surface area contributed by atoms with Crippen molar-refractivity contribution >= 4 is 38.9 Å². The van der Waals surface area contributed by atoms with Gasteiger partial charge in [-0.15, -0.1) is 0 Å². The SMILES string of the molecule is O=C(COc1ccc(S(=O)(=O)Nc2ccc(F)cc2)cc1Cl)Nc1ccc(OCc2ccccc2)cc1. The Hall–Kier alpha value is -4.08. The van der Waals surface area contributed by atoms with Gasteiger partial charge in [0.1, 0.15) is 23.9 Å². The molecule has 0 aliphatic heterocycles. The van der Waals surface area contributed by atoms with E-state index in [2.05, 4.69) is 10.0 Å². The molecular formula is C27H22ClFN2O5S. The lowest BCUT2D eigenvalue weighted by Gasteiger charge is -2.12. The number of hydrogen-bond acceptors (Lipinski definition) is 5. The van der Waals surface area contributed by atoms with Crippen molar-refractivity contribution < 1.29 is 27.1 Å². The standard InChI is InChI=1S/C27H22ClFN2O5S/c28-25-16-24(37(33,34)31-22-8-6-20(29)7-9-22)14-15-26(25)36-18-27(32)30-21-10-12-23(13-11-21)35-17-19-4-2-1-3-5-19/h1-16,31H,17-18H2,(H,30,32). The van der Waals surface area contributed by atoms with E-state index in [1.54, 1.807) is 24.3 Å². The number of halogens is 2. The van der Waals surface area contributed by atoms with Crippen molar-refractivity contribution in [1.29, 1.82) is 0 Å². The minimum Gasteiger partial charge on any atom is -0.489 e. The van der Waals surface area contributed by atoms with Gasteiger partial charge in [0.15, 0.2) is 6.61 Å². The Bertz CT molecular complexity index is 1470. The van der Waals surface area contributed by atoms with Crippen LogP contribution in [-0.2, 0) is 21.4 Å². The number of amides is 1. The predicted molar refractivity (Wildman–Crippen MR) is 140 cm³/mol. The maximum Gasteiger partial charge on any atom is 0.262 e. The largest absolute Gasteiger partial charge is 0.489 e. The van der Waals surface area contributed by atoms with Gasteiger partial charge >= 0.3 is 0 Å². The predicted octanol–water partition coefficient (Wildman–Crippen LogP) is 5.88. The molecule has 0 saturated carbocycles. The third-order valence-corrected chi connectivity index (χ3v) is 6.73. The Morgan fingerprint density at radius 2 is 1.51 bits per heavy atom. The van der Waals surface area contributed by atoms with Gasteiger partial charge in [0, 0.05) is 11.4 Å². The fraction of sp³-hybridized carbons (Fsp3) is 0.0741. The third-order valence-electron chi connectivity index (χ3n) is 5.06. The highest BCUT2D eigenvalue weighted by molar-refractivity contribution is 7.92. The fourth-order valence-corrected chi connectivity index (χ4v) is 4.60. The molecule has 2 N–H and O–H groups in total. The normalized spacial score (nSPS) is 11.0. The average molecular weight is 541 g/mol. The highest BCUT2D eigenvalue weighted by Gasteiger charge is 2.17. The Morgan fingerprint density at radius 3 is 2.19 bits per heavy atom. The zero-order valence-electron chi connectivity index (χ0n) is 19.4. The van der Waals surface area contributed by atoms with Crippen LogP contribution in [0.3, 0.4) is 0 Å². The Balaban J connectivity index is 1.29. The Morgan fingerprint density at radius 1 is 0.838 bits per heavy atom. The average Bonchev–Trinajstić information content (AvgIpc) is 2.89. The molecule has 0 saturated heterocycles. The van der Waals surface area contributed by atoms with Crippen LogP contribution >= 0.6 is 11.6 Å². The van der Waals surface area contributed by atoms with Gasteiger partial charge < -0.3 is 14.8 Å². The third kappa shape index (κ3) is 7.45. The van der Waals surface area contributed by atoms with Crippen LogP contribution in [0.4, 0.5) is 15.8 Å². The lowest BCUT2D eigenvalue weighted by Crippen LogP contribution is -2.20. The van der Waals surface area contributed by atoms with Gasteiger partial charge in [0.25, 0.3) is 15.9 Å². The van der Waals surface area contributed by atoms with Gasteiger partial charge in [0.05, 0.1) is 9.92 Å². The van der Waals surface area contributed by atoms with Crippen LogP contribution in [0.25, 0.3) is 0 Å². The molecule has 0 bridgehead atoms. The minimum absolute atomic E-state index is 0.00898. The van der Waals surface area contributed by atoms with Crippen LogP contribution < -0.4 is 19.5 Å². The zero-order chi connectivity index (χ0) is 26.3. The van der Waals surface area contributed by atoms with Crippen molar-refractivity contribution in [3.63, 3.8) is 0 Å². The van der Waals surface area contributed by atoms with E-state index in [4.69, 9.17) is 21.1 Å². The number of rotatable bonds is 10. The Labute approximate surface area is 218 Å². The summed E-state index contributed by atoms with van der Waals surface area (Å²) in [5, 5.41) is 2.71. The second-order valence-corrected chi connectivity index (χ2v) is 9.93. The van der Waals surface area contributed by atoms with E-state index in [1.807, 2.05) is 30.3 Å². The summed E-state index contributed by atoms with van der Waals surface area (Å²) in [5.41, 5.74) is 1.80. The second kappa shape index (κ2) is 11.8. The zero-order valence-corrected chi connectivity index (χ0v) is 20.9. The van der Waals surface area contributed by atoms with Gasteiger partial charge in [-0.3, -0.25) is 9.52 Å². The van der Waals surface area contributed by atoms with Crippen molar-refractivity contribution in [2.24, 2.45) is 0 Å². The van der Waals surface area contributed by atoms with Gasteiger partial charge in [0.2, 0.25) is 0 Å². The van der Waals surface area contributed by atoms with Crippen molar-refractivity contribution in [2.75, 3.05) is 16.6 Å². The number of anilines is 2. The molecule has 10 heteroatoms. The van der Waals surface area contributed by atoms with Crippen LogP contribution in [0.2, 0.25) is 5.02 Å². The van der Waals surface area contributed by atoms with Gasteiger partial charge in [-0.2, -0.15) is 0 Å². The molecule has 7 nitrogen and oxygen atoms in total. The molecule has 0 spiro atoms. The summed E-state index contributed by atoms with van der Waals surface area (Å²) in [6.45, 7) is 0.0927. The summed E-state index contributed by atoms with van der Waals surface area (Å²) in [4.78, 5) is 12.2. The summed E-state index contributed by atoms with van der Waals surface area (Å²) >= 11 is 6.18. The number of benzene rings is 4.